The highest BCUT2D eigenvalue weighted by atomic mass is 32.1. The lowest BCUT2D eigenvalue weighted by molar-refractivity contribution is -0.384. The van der Waals surface area contributed by atoms with E-state index >= 15 is 0 Å². The van der Waals surface area contributed by atoms with Gasteiger partial charge in [0.25, 0.3) is 5.69 Å². The number of carbonyl (C=O) groups excluding carboxylic acids is 1. The summed E-state index contributed by atoms with van der Waals surface area (Å²) in [6.07, 6.45) is 2.57. The summed E-state index contributed by atoms with van der Waals surface area (Å²) in [5.41, 5.74) is 3.87. The molecule has 0 aliphatic carbocycles. The summed E-state index contributed by atoms with van der Waals surface area (Å²) in [7, 11) is 2.85. The van der Waals surface area contributed by atoms with Gasteiger partial charge >= 0.3 is 5.97 Å². The lowest BCUT2D eigenvalue weighted by atomic mass is 9.96. The van der Waals surface area contributed by atoms with Crippen molar-refractivity contribution < 1.29 is 19.2 Å². The van der Waals surface area contributed by atoms with E-state index in [2.05, 4.69) is 15.2 Å². The van der Waals surface area contributed by atoms with E-state index in [1.54, 1.807) is 18.3 Å². The van der Waals surface area contributed by atoms with Crippen LogP contribution >= 0.6 is 12.2 Å². The van der Waals surface area contributed by atoms with Crippen molar-refractivity contribution in [2.75, 3.05) is 20.8 Å². The Kier molecular flexibility index (Phi) is 7.72. The Balaban J connectivity index is 1.80. The molecule has 0 unspecified atom stereocenters. The SMILES string of the molecule is COC(=O)CCCN1C(=S)N[C@@H](c2ccccn2)[C@@H]1c1cc(C)n(-c2ccc(OC)cc2[N+](=O)[O-])c1C. The van der Waals surface area contributed by atoms with Crippen molar-refractivity contribution in [1.29, 1.82) is 0 Å². The minimum Gasteiger partial charge on any atom is -0.496 e. The molecule has 0 spiro atoms. The van der Waals surface area contributed by atoms with Crippen LogP contribution in [0.1, 0.15) is 47.6 Å². The first-order valence-electron chi connectivity index (χ1n) is 11.8. The van der Waals surface area contributed by atoms with Gasteiger partial charge in [-0.05, 0) is 68.4 Å². The highest BCUT2D eigenvalue weighted by molar-refractivity contribution is 7.80. The maximum atomic E-state index is 11.9. The minimum absolute atomic E-state index is 0.0519. The molecular formula is C26H29N5O5S. The molecule has 2 aromatic heterocycles. The normalized spacial score (nSPS) is 17.0. The predicted molar refractivity (Wildman–Crippen MR) is 142 cm³/mol. The van der Waals surface area contributed by atoms with Crippen LogP contribution in [0.2, 0.25) is 0 Å². The maximum Gasteiger partial charge on any atom is 0.305 e. The maximum absolute atomic E-state index is 11.9. The van der Waals surface area contributed by atoms with Gasteiger partial charge in [-0.15, -0.1) is 0 Å². The van der Waals surface area contributed by atoms with Crippen LogP contribution < -0.4 is 10.1 Å². The molecule has 1 aromatic carbocycles. The first kappa shape index (κ1) is 26.1. The predicted octanol–water partition coefficient (Wildman–Crippen LogP) is 4.33. The van der Waals surface area contributed by atoms with Crippen LogP contribution in [0.4, 0.5) is 5.69 Å². The number of benzene rings is 1. The number of esters is 1. The van der Waals surface area contributed by atoms with Crippen molar-refractivity contribution in [3.8, 4) is 11.4 Å². The molecule has 11 heteroatoms. The molecule has 1 aliphatic heterocycles. The number of hydrogen-bond acceptors (Lipinski definition) is 7. The van der Waals surface area contributed by atoms with Gasteiger partial charge in [0, 0.05) is 30.6 Å². The van der Waals surface area contributed by atoms with Crippen LogP contribution in [0.3, 0.4) is 0 Å². The van der Waals surface area contributed by atoms with Crippen molar-refractivity contribution in [2.24, 2.45) is 0 Å². The van der Waals surface area contributed by atoms with E-state index in [-0.39, 0.29) is 30.2 Å². The molecule has 1 fully saturated rings. The number of nitro benzene ring substituents is 1. The second kappa shape index (κ2) is 11.0. The van der Waals surface area contributed by atoms with Crippen molar-refractivity contribution >= 4 is 29.0 Å². The fourth-order valence-corrected chi connectivity index (χ4v) is 5.24. The van der Waals surface area contributed by atoms with Gasteiger partial charge in [0.2, 0.25) is 0 Å². The number of nitro groups is 1. The topological polar surface area (TPSA) is 112 Å². The standard InChI is InChI=1S/C26H29N5O5S/c1-16-14-19(17(2)30(16)21-11-10-18(35-3)15-22(21)31(33)34)25-24(20-8-5-6-12-27-20)28-26(37)29(25)13-7-9-23(32)36-4/h5-6,8,10-12,14-15,24-25H,7,9,13H2,1-4H3,(H,28,37)/t24-,25-/m0/s1. The Labute approximate surface area is 220 Å². The number of hydrogen-bond donors (Lipinski definition) is 1. The summed E-state index contributed by atoms with van der Waals surface area (Å²) in [5, 5.41) is 15.9. The van der Waals surface area contributed by atoms with Gasteiger partial charge in [0.05, 0.1) is 43.0 Å². The number of pyridine rings is 1. The zero-order valence-corrected chi connectivity index (χ0v) is 21.9. The number of nitrogens with zero attached hydrogens (tertiary/aromatic N) is 4. The minimum atomic E-state index is -0.404. The smallest absolute Gasteiger partial charge is 0.305 e. The van der Waals surface area contributed by atoms with Gasteiger partial charge < -0.3 is 24.3 Å². The van der Waals surface area contributed by atoms with Gasteiger partial charge in [-0.3, -0.25) is 19.9 Å². The van der Waals surface area contributed by atoms with Crippen LogP contribution in [-0.4, -0.2) is 51.2 Å². The Morgan fingerprint density at radius 2 is 2.00 bits per heavy atom. The fourth-order valence-electron chi connectivity index (χ4n) is 4.90. The number of aryl methyl sites for hydroxylation is 1. The van der Waals surface area contributed by atoms with E-state index in [4.69, 9.17) is 21.7 Å². The molecule has 2 atom stereocenters. The van der Waals surface area contributed by atoms with Gasteiger partial charge in [-0.25, -0.2) is 0 Å². The van der Waals surface area contributed by atoms with Crippen LogP contribution in [-0.2, 0) is 9.53 Å². The molecule has 3 aromatic rings. The summed E-state index contributed by atoms with van der Waals surface area (Å²) >= 11 is 5.72. The molecular weight excluding hydrogens is 494 g/mol. The Bertz CT molecular complexity index is 1330. The average molecular weight is 524 g/mol. The molecule has 1 aliphatic rings. The van der Waals surface area contributed by atoms with E-state index in [9.17, 15) is 14.9 Å². The molecule has 37 heavy (non-hydrogen) atoms. The quantitative estimate of drug-likeness (QED) is 0.190. The molecule has 0 bridgehead atoms. The average Bonchev–Trinajstić information content (AvgIpc) is 3.38. The number of methoxy groups -OCH3 is 2. The van der Waals surface area contributed by atoms with E-state index in [1.165, 1.54) is 20.3 Å². The van der Waals surface area contributed by atoms with Crippen LogP contribution in [0.25, 0.3) is 5.69 Å². The third kappa shape index (κ3) is 5.12. The first-order chi connectivity index (χ1) is 17.8. The third-order valence-corrected chi connectivity index (χ3v) is 6.97. The van der Waals surface area contributed by atoms with E-state index < -0.39 is 4.92 Å². The lowest BCUT2D eigenvalue weighted by Crippen LogP contribution is -2.31. The van der Waals surface area contributed by atoms with Gasteiger partial charge in [-0.2, -0.15) is 0 Å². The Hall–Kier alpha value is -3.99. The van der Waals surface area contributed by atoms with Crippen LogP contribution in [0.15, 0.2) is 48.7 Å². The zero-order chi connectivity index (χ0) is 26.7. The second-order valence-electron chi connectivity index (χ2n) is 8.77. The van der Waals surface area contributed by atoms with Gasteiger partial charge in [0.15, 0.2) is 5.11 Å². The number of nitrogens with one attached hydrogen (secondary N) is 1. The van der Waals surface area contributed by atoms with Crippen molar-refractivity contribution in [2.45, 2.75) is 38.8 Å². The summed E-state index contributed by atoms with van der Waals surface area (Å²) in [6.45, 7) is 4.39. The highest BCUT2D eigenvalue weighted by Gasteiger charge is 2.41. The highest BCUT2D eigenvalue weighted by Crippen LogP contribution is 2.42. The lowest BCUT2D eigenvalue weighted by Gasteiger charge is -2.28. The molecule has 3 heterocycles. The van der Waals surface area contributed by atoms with Crippen molar-refractivity contribution in [1.82, 2.24) is 19.8 Å². The number of ether oxygens (including phenoxy) is 2. The largest absolute Gasteiger partial charge is 0.496 e. The number of carbonyl (C=O) groups is 1. The summed E-state index contributed by atoms with van der Waals surface area (Å²) in [4.78, 5) is 29.9. The van der Waals surface area contributed by atoms with Gasteiger partial charge in [0.1, 0.15) is 11.4 Å². The van der Waals surface area contributed by atoms with Crippen LogP contribution in [0.5, 0.6) is 5.75 Å². The van der Waals surface area contributed by atoms with Crippen LogP contribution in [0, 0.1) is 24.0 Å². The van der Waals surface area contributed by atoms with Crippen molar-refractivity contribution in [3.05, 3.63) is 81.4 Å². The molecule has 194 valence electrons. The van der Waals surface area contributed by atoms with Crippen molar-refractivity contribution in [3.63, 3.8) is 0 Å². The molecule has 1 N–H and O–H groups in total. The Morgan fingerprint density at radius 1 is 1.22 bits per heavy atom. The monoisotopic (exact) mass is 523 g/mol. The summed E-state index contributed by atoms with van der Waals surface area (Å²) in [6, 6.07) is 12.1. The number of rotatable bonds is 9. The van der Waals surface area contributed by atoms with Gasteiger partial charge in [-0.1, -0.05) is 6.07 Å². The molecule has 1 saturated heterocycles. The summed E-state index contributed by atoms with van der Waals surface area (Å²) < 4.78 is 11.9. The number of thiocarbonyl (C=S) groups is 1. The molecule has 0 saturated carbocycles. The Morgan fingerprint density at radius 3 is 2.65 bits per heavy atom. The summed E-state index contributed by atoms with van der Waals surface area (Å²) in [5.74, 6) is 0.136. The third-order valence-electron chi connectivity index (χ3n) is 6.61. The number of aromatic nitrogens is 2. The zero-order valence-electron chi connectivity index (χ0n) is 21.1. The first-order valence-corrected chi connectivity index (χ1v) is 12.2. The van der Waals surface area contributed by atoms with E-state index in [0.29, 0.717) is 29.5 Å². The molecule has 0 amide bonds. The molecule has 10 nitrogen and oxygen atoms in total. The molecule has 0 radical (unpaired) electrons. The fraction of sp³-hybridized carbons (Fsp3) is 0.346. The molecule has 4 rings (SSSR count). The van der Waals surface area contributed by atoms with E-state index in [0.717, 1.165) is 22.6 Å². The second-order valence-corrected chi connectivity index (χ2v) is 9.16. The van der Waals surface area contributed by atoms with E-state index in [1.807, 2.05) is 42.7 Å².